The molecule has 0 saturated carbocycles. The van der Waals surface area contributed by atoms with Gasteiger partial charge in [0.2, 0.25) is 11.8 Å². The van der Waals surface area contributed by atoms with Crippen molar-refractivity contribution >= 4 is 11.6 Å². The molecular formula is C20H22ClN3O2. The second-order valence-electron chi connectivity index (χ2n) is 6.27. The van der Waals surface area contributed by atoms with E-state index in [-0.39, 0.29) is 6.04 Å². The zero-order chi connectivity index (χ0) is 18.5. The number of aromatic nitrogens is 2. The standard InChI is InChI=1S/C20H22ClN3O2/c1-14-4-6-16(7-5-14)20-23-22-19(26-20)15(2)24(3)12-13-25-18-10-8-17(21)9-11-18/h4-11,15H,12-13H2,1-3H3/t15-/m0/s1. The van der Waals surface area contributed by atoms with Gasteiger partial charge in [0.25, 0.3) is 0 Å². The van der Waals surface area contributed by atoms with Crippen LogP contribution in [0.3, 0.4) is 0 Å². The minimum absolute atomic E-state index is 0.00415. The van der Waals surface area contributed by atoms with Crippen molar-refractivity contribution in [3.8, 4) is 17.2 Å². The Kier molecular flexibility index (Phi) is 5.91. The maximum atomic E-state index is 5.87. The van der Waals surface area contributed by atoms with Crippen LogP contribution in [0.25, 0.3) is 11.5 Å². The van der Waals surface area contributed by atoms with Gasteiger partial charge >= 0.3 is 0 Å². The lowest BCUT2D eigenvalue weighted by Crippen LogP contribution is -2.27. The minimum Gasteiger partial charge on any atom is -0.492 e. The molecule has 26 heavy (non-hydrogen) atoms. The van der Waals surface area contributed by atoms with Gasteiger partial charge in [-0.3, -0.25) is 4.90 Å². The Bertz CT molecular complexity index is 831. The summed E-state index contributed by atoms with van der Waals surface area (Å²) in [5, 5.41) is 9.06. The number of hydrogen-bond donors (Lipinski definition) is 0. The maximum Gasteiger partial charge on any atom is 0.247 e. The van der Waals surface area contributed by atoms with E-state index in [9.17, 15) is 0 Å². The monoisotopic (exact) mass is 371 g/mol. The average Bonchev–Trinajstić information content (AvgIpc) is 3.13. The van der Waals surface area contributed by atoms with Crippen molar-refractivity contribution in [1.29, 1.82) is 0 Å². The molecule has 0 amide bonds. The molecule has 3 aromatic rings. The van der Waals surface area contributed by atoms with Crippen molar-refractivity contribution in [3.05, 3.63) is 65.0 Å². The first-order valence-electron chi connectivity index (χ1n) is 8.52. The lowest BCUT2D eigenvalue weighted by Gasteiger charge is -2.21. The van der Waals surface area contributed by atoms with Crippen LogP contribution in [0, 0.1) is 6.92 Å². The first-order valence-corrected chi connectivity index (χ1v) is 8.90. The Morgan fingerprint density at radius 1 is 1.08 bits per heavy atom. The van der Waals surface area contributed by atoms with Crippen LogP contribution in [-0.4, -0.2) is 35.3 Å². The van der Waals surface area contributed by atoms with E-state index in [4.69, 9.17) is 20.8 Å². The van der Waals surface area contributed by atoms with E-state index in [2.05, 4.69) is 15.1 Å². The van der Waals surface area contributed by atoms with Gasteiger partial charge in [-0.05, 0) is 57.3 Å². The highest BCUT2D eigenvalue weighted by Gasteiger charge is 2.19. The van der Waals surface area contributed by atoms with Crippen LogP contribution in [-0.2, 0) is 0 Å². The molecule has 0 N–H and O–H groups in total. The molecule has 0 saturated heterocycles. The molecule has 1 heterocycles. The number of aryl methyl sites for hydroxylation is 1. The number of hydrogen-bond acceptors (Lipinski definition) is 5. The summed E-state index contributed by atoms with van der Waals surface area (Å²) in [7, 11) is 2.01. The zero-order valence-corrected chi connectivity index (χ0v) is 15.9. The second-order valence-corrected chi connectivity index (χ2v) is 6.71. The van der Waals surface area contributed by atoms with Gasteiger partial charge in [0.05, 0.1) is 6.04 Å². The highest BCUT2D eigenvalue weighted by atomic mass is 35.5. The van der Waals surface area contributed by atoms with Gasteiger partial charge in [0, 0.05) is 17.1 Å². The first kappa shape index (κ1) is 18.4. The topological polar surface area (TPSA) is 51.4 Å². The van der Waals surface area contributed by atoms with Gasteiger partial charge in [-0.15, -0.1) is 10.2 Å². The van der Waals surface area contributed by atoms with Gasteiger partial charge in [0.1, 0.15) is 12.4 Å². The predicted octanol–water partition coefficient (Wildman–Crippen LogP) is 4.77. The molecule has 0 bridgehead atoms. The van der Waals surface area contributed by atoms with Crippen molar-refractivity contribution in [1.82, 2.24) is 15.1 Å². The number of likely N-dealkylation sites (N-methyl/N-ethyl adjacent to an activating group) is 1. The molecule has 3 rings (SSSR count). The van der Waals surface area contributed by atoms with Gasteiger partial charge < -0.3 is 9.15 Å². The summed E-state index contributed by atoms with van der Waals surface area (Å²) in [6.45, 7) is 5.37. The molecule has 1 atom stereocenters. The molecule has 1 aromatic heterocycles. The fourth-order valence-electron chi connectivity index (χ4n) is 2.44. The first-order chi connectivity index (χ1) is 12.5. The Morgan fingerprint density at radius 3 is 2.46 bits per heavy atom. The van der Waals surface area contributed by atoms with E-state index in [1.54, 1.807) is 0 Å². The summed E-state index contributed by atoms with van der Waals surface area (Å²) in [5.41, 5.74) is 2.12. The molecule has 0 aliphatic heterocycles. The third-order valence-electron chi connectivity index (χ3n) is 4.28. The molecule has 0 radical (unpaired) electrons. The van der Waals surface area contributed by atoms with E-state index in [1.165, 1.54) is 5.56 Å². The smallest absolute Gasteiger partial charge is 0.247 e. The highest BCUT2D eigenvalue weighted by Crippen LogP contribution is 2.23. The molecule has 0 aliphatic rings. The minimum atomic E-state index is -0.00415. The molecule has 0 spiro atoms. The van der Waals surface area contributed by atoms with Crippen LogP contribution in [0.1, 0.15) is 24.4 Å². The van der Waals surface area contributed by atoms with E-state index >= 15 is 0 Å². The Labute approximate surface area is 158 Å². The Balaban J connectivity index is 1.55. The number of rotatable bonds is 7. The number of nitrogens with zero attached hydrogens (tertiary/aromatic N) is 3. The van der Waals surface area contributed by atoms with Crippen LogP contribution in [0.5, 0.6) is 5.75 Å². The fourth-order valence-corrected chi connectivity index (χ4v) is 2.56. The lowest BCUT2D eigenvalue weighted by molar-refractivity contribution is 0.182. The molecule has 6 heteroatoms. The summed E-state index contributed by atoms with van der Waals surface area (Å²) < 4.78 is 11.6. The summed E-state index contributed by atoms with van der Waals surface area (Å²) >= 11 is 5.87. The lowest BCUT2D eigenvalue weighted by atomic mass is 10.1. The van der Waals surface area contributed by atoms with E-state index < -0.39 is 0 Å². The van der Waals surface area contributed by atoms with Gasteiger partial charge in [-0.2, -0.15) is 0 Å². The van der Waals surface area contributed by atoms with Gasteiger partial charge in [-0.1, -0.05) is 29.3 Å². The van der Waals surface area contributed by atoms with Crippen LogP contribution >= 0.6 is 11.6 Å². The number of ether oxygens (including phenoxy) is 1. The molecule has 0 unspecified atom stereocenters. The molecule has 5 nitrogen and oxygen atoms in total. The van der Waals surface area contributed by atoms with Gasteiger partial charge in [-0.25, -0.2) is 0 Å². The molecular weight excluding hydrogens is 350 g/mol. The van der Waals surface area contributed by atoms with Crippen molar-refractivity contribution in [2.24, 2.45) is 0 Å². The van der Waals surface area contributed by atoms with E-state index in [0.717, 1.165) is 17.9 Å². The zero-order valence-electron chi connectivity index (χ0n) is 15.1. The third kappa shape index (κ3) is 4.62. The maximum absolute atomic E-state index is 5.87. The summed E-state index contributed by atoms with van der Waals surface area (Å²) in [6, 6.07) is 15.4. The Morgan fingerprint density at radius 2 is 1.77 bits per heavy atom. The molecule has 2 aromatic carbocycles. The van der Waals surface area contributed by atoms with Crippen molar-refractivity contribution in [3.63, 3.8) is 0 Å². The molecule has 0 aliphatic carbocycles. The van der Waals surface area contributed by atoms with Crippen molar-refractivity contribution < 1.29 is 9.15 Å². The number of halogens is 1. The number of benzene rings is 2. The highest BCUT2D eigenvalue weighted by molar-refractivity contribution is 6.30. The third-order valence-corrected chi connectivity index (χ3v) is 4.54. The summed E-state index contributed by atoms with van der Waals surface area (Å²) in [5.74, 6) is 1.93. The Hall–Kier alpha value is -2.37. The van der Waals surface area contributed by atoms with Crippen molar-refractivity contribution in [2.75, 3.05) is 20.2 Å². The van der Waals surface area contributed by atoms with Crippen LogP contribution < -0.4 is 4.74 Å². The van der Waals surface area contributed by atoms with Crippen LogP contribution in [0.2, 0.25) is 5.02 Å². The van der Waals surface area contributed by atoms with E-state index in [0.29, 0.717) is 23.4 Å². The van der Waals surface area contributed by atoms with E-state index in [1.807, 2.05) is 69.4 Å². The van der Waals surface area contributed by atoms with Crippen molar-refractivity contribution in [2.45, 2.75) is 19.9 Å². The van der Waals surface area contributed by atoms with Crippen LogP contribution in [0.4, 0.5) is 0 Å². The van der Waals surface area contributed by atoms with Crippen LogP contribution in [0.15, 0.2) is 52.9 Å². The molecule has 136 valence electrons. The quantitative estimate of drug-likeness (QED) is 0.598. The summed E-state index contributed by atoms with van der Waals surface area (Å²) in [6.07, 6.45) is 0. The second kappa shape index (κ2) is 8.34. The predicted molar refractivity (Wildman–Crippen MR) is 102 cm³/mol. The SMILES string of the molecule is Cc1ccc(-c2nnc([C@H](C)N(C)CCOc3ccc(Cl)cc3)o2)cc1. The fraction of sp³-hybridized carbons (Fsp3) is 0.300. The largest absolute Gasteiger partial charge is 0.492 e. The summed E-state index contributed by atoms with van der Waals surface area (Å²) in [4.78, 5) is 2.11. The van der Waals surface area contributed by atoms with Gasteiger partial charge in [0.15, 0.2) is 0 Å². The molecule has 0 fully saturated rings. The average molecular weight is 372 g/mol. The normalized spacial score (nSPS) is 12.3.